The molecule has 0 aliphatic carbocycles. The molecule has 0 spiro atoms. The summed E-state index contributed by atoms with van der Waals surface area (Å²) in [5.41, 5.74) is 4.44. The second-order valence-electron chi connectivity index (χ2n) is 5.19. The smallest absolute Gasteiger partial charge is 0.224 e. The fourth-order valence-electron chi connectivity index (χ4n) is 2.15. The molecule has 0 aromatic heterocycles. The SMILES string of the molecule is COCc1cccc(CNC(=O)Cc2ccc(C)cc2)c1. The topological polar surface area (TPSA) is 38.3 Å². The molecule has 0 heterocycles. The Hall–Kier alpha value is -2.13. The molecular formula is C18H21NO2. The van der Waals surface area contributed by atoms with Crippen LogP contribution >= 0.6 is 0 Å². The summed E-state index contributed by atoms with van der Waals surface area (Å²) in [6.07, 6.45) is 0.415. The van der Waals surface area contributed by atoms with Crippen molar-refractivity contribution in [2.75, 3.05) is 7.11 Å². The molecule has 110 valence electrons. The highest BCUT2D eigenvalue weighted by atomic mass is 16.5. The Kier molecular flexibility index (Phi) is 5.52. The standard InChI is InChI=1S/C18H21NO2/c1-14-6-8-15(9-7-14)11-18(20)19-12-16-4-3-5-17(10-16)13-21-2/h3-10H,11-13H2,1-2H3,(H,19,20). The van der Waals surface area contributed by atoms with Gasteiger partial charge in [-0.05, 0) is 23.6 Å². The van der Waals surface area contributed by atoms with Gasteiger partial charge >= 0.3 is 0 Å². The van der Waals surface area contributed by atoms with Crippen LogP contribution in [-0.2, 0) is 29.1 Å². The number of methoxy groups -OCH3 is 1. The number of benzene rings is 2. The summed E-state index contributed by atoms with van der Waals surface area (Å²) in [6, 6.07) is 16.1. The Labute approximate surface area is 126 Å². The van der Waals surface area contributed by atoms with Crippen molar-refractivity contribution in [3.05, 3.63) is 70.8 Å². The predicted octanol–water partition coefficient (Wildman–Crippen LogP) is 3.00. The van der Waals surface area contributed by atoms with Gasteiger partial charge in [0.1, 0.15) is 0 Å². The number of hydrogen-bond acceptors (Lipinski definition) is 2. The van der Waals surface area contributed by atoms with Gasteiger partial charge in [0.05, 0.1) is 13.0 Å². The minimum atomic E-state index is 0.0380. The van der Waals surface area contributed by atoms with Gasteiger partial charge in [-0.15, -0.1) is 0 Å². The van der Waals surface area contributed by atoms with E-state index >= 15 is 0 Å². The van der Waals surface area contributed by atoms with E-state index in [1.807, 2.05) is 49.4 Å². The van der Waals surface area contributed by atoms with Crippen LogP contribution in [0.5, 0.6) is 0 Å². The number of amides is 1. The van der Waals surface area contributed by atoms with Gasteiger partial charge in [-0.25, -0.2) is 0 Å². The van der Waals surface area contributed by atoms with Crippen LogP contribution in [0.1, 0.15) is 22.3 Å². The Balaban J connectivity index is 1.86. The number of aryl methyl sites for hydroxylation is 1. The third-order valence-electron chi connectivity index (χ3n) is 3.28. The molecular weight excluding hydrogens is 262 g/mol. The molecule has 2 rings (SSSR count). The molecule has 21 heavy (non-hydrogen) atoms. The lowest BCUT2D eigenvalue weighted by Gasteiger charge is -2.07. The molecule has 0 bridgehead atoms. The first-order valence-electron chi connectivity index (χ1n) is 7.06. The minimum Gasteiger partial charge on any atom is -0.380 e. The van der Waals surface area contributed by atoms with Crippen molar-refractivity contribution in [2.45, 2.75) is 26.5 Å². The third-order valence-corrected chi connectivity index (χ3v) is 3.28. The normalized spacial score (nSPS) is 10.4. The third kappa shape index (κ3) is 5.04. The summed E-state index contributed by atoms with van der Waals surface area (Å²) in [6.45, 7) is 3.17. The van der Waals surface area contributed by atoms with E-state index in [9.17, 15) is 4.79 Å². The Morgan fingerprint density at radius 1 is 1.05 bits per heavy atom. The molecule has 0 atom stereocenters. The molecule has 0 unspecified atom stereocenters. The van der Waals surface area contributed by atoms with Crippen LogP contribution in [0, 0.1) is 6.92 Å². The fourth-order valence-corrected chi connectivity index (χ4v) is 2.15. The first-order chi connectivity index (χ1) is 10.2. The van der Waals surface area contributed by atoms with E-state index in [0.717, 1.165) is 16.7 Å². The molecule has 2 aromatic rings. The van der Waals surface area contributed by atoms with Crippen molar-refractivity contribution >= 4 is 5.91 Å². The van der Waals surface area contributed by atoms with Crippen molar-refractivity contribution in [3.8, 4) is 0 Å². The molecule has 0 aliphatic heterocycles. The van der Waals surface area contributed by atoms with Crippen LogP contribution in [-0.4, -0.2) is 13.0 Å². The van der Waals surface area contributed by atoms with Gasteiger partial charge < -0.3 is 10.1 Å². The van der Waals surface area contributed by atoms with Crippen LogP contribution in [0.15, 0.2) is 48.5 Å². The highest BCUT2D eigenvalue weighted by molar-refractivity contribution is 5.78. The maximum Gasteiger partial charge on any atom is 0.224 e. The highest BCUT2D eigenvalue weighted by Gasteiger charge is 2.03. The van der Waals surface area contributed by atoms with Crippen LogP contribution in [0.2, 0.25) is 0 Å². The predicted molar refractivity (Wildman–Crippen MR) is 83.9 cm³/mol. The first kappa shape index (κ1) is 15.3. The number of carbonyl (C=O) groups is 1. The zero-order valence-electron chi connectivity index (χ0n) is 12.6. The van der Waals surface area contributed by atoms with Gasteiger partial charge in [-0.1, -0.05) is 54.1 Å². The molecule has 0 saturated carbocycles. The number of hydrogen-bond donors (Lipinski definition) is 1. The van der Waals surface area contributed by atoms with Crippen LogP contribution < -0.4 is 5.32 Å². The van der Waals surface area contributed by atoms with E-state index in [-0.39, 0.29) is 5.91 Å². The summed E-state index contributed by atoms with van der Waals surface area (Å²) >= 11 is 0. The van der Waals surface area contributed by atoms with Gasteiger partial charge in [0.15, 0.2) is 0 Å². The number of ether oxygens (including phenoxy) is 1. The van der Waals surface area contributed by atoms with E-state index in [4.69, 9.17) is 4.74 Å². The van der Waals surface area contributed by atoms with Crippen LogP contribution in [0.25, 0.3) is 0 Å². The van der Waals surface area contributed by atoms with E-state index in [2.05, 4.69) is 11.4 Å². The summed E-state index contributed by atoms with van der Waals surface area (Å²) in [5, 5.41) is 2.95. The van der Waals surface area contributed by atoms with Crippen molar-refractivity contribution in [1.29, 1.82) is 0 Å². The van der Waals surface area contributed by atoms with Gasteiger partial charge in [0.25, 0.3) is 0 Å². The molecule has 3 heteroatoms. The lowest BCUT2D eigenvalue weighted by Crippen LogP contribution is -2.24. The molecule has 0 saturated heterocycles. The number of nitrogens with one attached hydrogen (secondary N) is 1. The van der Waals surface area contributed by atoms with Crippen LogP contribution in [0.3, 0.4) is 0 Å². The molecule has 0 aliphatic rings. The summed E-state index contributed by atoms with van der Waals surface area (Å²) in [5.74, 6) is 0.0380. The van der Waals surface area contributed by atoms with Crippen molar-refractivity contribution < 1.29 is 9.53 Å². The Morgan fingerprint density at radius 2 is 1.76 bits per heavy atom. The lowest BCUT2D eigenvalue weighted by atomic mass is 10.1. The largest absolute Gasteiger partial charge is 0.380 e. The van der Waals surface area contributed by atoms with Gasteiger partial charge in [-0.2, -0.15) is 0 Å². The second kappa shape index (κ2) is 7.60. The maximum absolute atomic E-state index is 11.9. The average molecular weight is 283 g/mol. The highest BCUT2D eigenvalue weighted by Crippen LogP contribution is 2.07. The van der Waals surface area contributed by atoms with Gasteiger partial charge in [0.2, 0.25) is 5.91 Å². The minimum absolute atomic E-state index is 0.0380. The monoisotopic (exact) mass is 283 g/mol. The van der Waals surface area contributed by atoms with E-state index in [1.54, 1.807) is 7.11 Å². The zero-order valence-corrected chi connectivity index (χ0v) is 12.6. The van der Waals surface area contributed by atoms with E-state index < -0.39 is 0 Å². The number of rotatable bonds is 6. The van der Waals surface area contributed by atoms with Crippen molar-refractivity contribution in [1.82, 2.24) is 5.32 Å². The van der Waals surface area contributed by atoms with Gasteiger partial charge in [-0.3, -0.25) is 4.79 Å². The fraction of sp³-hybridized carbons (Fsp3) is 0.278. The molecule has 3 nitrogen and oxygen atoms in total. The molecule has 2 aromatic carbocycles. The summed E-state index contributed by atoms with van der Waals surface area (Å²) < 4.78 is 5.11. The lowest BCUT2D eigenvalue weighted by molar-refractivity contribution is -0.120. The van der Waals surface area contributed by atoms with E-state index in [0.29, 0.717) is 19.6 Å². The molecule has 0 radical (unpaired) electrons. The van der Waals surface area contributed by atoms with Crippen LogP contribution in [0.4, 0.5) is 0 Å². The Morgan fingerprint density at radius 3 is 2.48 bits per heavy atom. The second-order valence-corrected chi connectivity index (χ2v) is 5.19. The van der Waals surface area contributed by atoms with E-state index in [1.165, 1.54) is 5.56 Å². The van der Waals surface area contributed by atoms with Crippen molar-refractivity contribution in [3.63, 3.8) is 0 Å². The van der Waals surface area contributed by atoms with Crippen molar-refractivity contribution in [2.24, 2.45) is 0 Å². The Bertz CT molecular complexity index is 590. The quantitative estimate of drug-likeness (QED) is 0.885. The summed E-state index contributed by atoms with van der Waals surface area (Å²) in [7, 11) is 1.68. The van der Waals surface area contributed by atoms with Gasteiger partial charge in [0, 0.05) is 13.7 Å². The summed E-state index contributed by atoms with van der Waals surface area (Å²) in [4.78, 5) is 11.9. The molecule has 0 fully saturated rings. The number of carbonyl (C=O) groups excluding carboxylic acids is 1. The average Bonchev–Trinajstić information content (AvgIpc) is 2.48. The molecule has 1 amide bonds. The zero-order chi connectivity index (χ0) is 15.1. The maximum atomic E-state index is 11.9. The molecule has 1 N–H and O–H groups in total. The first-order valence-corrected chi connectivity index (χ1v) is 7.06.